The summed E-state index contributed by atoms with van der Waals surface area (Å²) in [5, 5.41) is 2.96. The molecule has 2 heterocycles. The Hall–Kier alpha value is -1.20. The van der Waals surface area contributed by atoms with Crippen molar-refractivity contribution in [2.45, 2.75) is 33.4 Å². The first-order valence-electron chi connectivity index (χ1n) is 6.19. The van der Waals surface area contributed by atoms with Crippen LogP contribution in [-0.4, -0.2) is 28.0 Å². The van der Waals surface area contributed by atoms with Gasteiger partial charge < -0.3 is 5.73 Å². The number of nitrogens with zero attached hydrogens (tertiary/aromatic N) is 3. The van der Waals surface area contributed by atoms with Gasteiger partial charge in [0.05, 0.1) is 11.9 Å². The molecule has 1 atom stereocenters. The van der Waals surface area contributed by atoms with Gasteiger partial charge in [-0.2, -0.15) is 0 Å². The number of hydrogen-bond donors (Lipinski definition) is 1. The number of rotatable bonds is 4. The predicted octanol–water partition coefficient (Wildman–Crippen LogP) is 2.75. The number of fused-ring (bicyclic) bond motifs is 1. The first-order valence-corrected chi connectivity index (χ1v) is 7.07. The van der Waals surface area contributed by atoms with Crippen molar-refractivity contribution in [3.8, 4) is 0 Å². The van der Waals surface area contributed by atoms with Crippen LogP contribution in [0.2, 0.25) is 0 Å². The van der Waals surface area contributed by atoms with Crippen LogP contribution in [0, 0.1) is 5.92 Å². The molecule has 2 aromatic rings. The van der Waals surface area contributed by atoms with Gasteiger partial charge in [-0.15, -0.1) is 11.3 Å². The molecule has 0 aliphatic rings. The molecule has 0 amide bonds. The standard InChI is InChI=1S/C13H20N4S/c1-8(2)9(3)17(4)7-11-15-12(14)10-5-6-18-13(10)16-11/h5-6,8-9H,7H2,1-4H3,(H2,14,15,16). The van der Waals surface area contributed by atoms with Crippen LogP contribution in [0.15, 0.2) is 11.4 Å². The topological polar surface area (TPSA) is 55.0 Å². The summed E-state index contributed by atoms with van der Waals surface area (Å²) in [5.74, 6) is 2.00. The second-order valence-electron chi connectivity index (χ2n) is 5.06. The largest absolute Gasteiger partial charge is 0.383 e. The molecule has 0 aliphatic carbocycles. The van der Waals surface area contributed by atoms with Gasteiger partial charge in [-0.1, -0.05) is 13.8 Å². The highest BCUT2D eigenvalue weighted by Crippen LogP contribution is 2.23. The van der Waals surface area contributed by atoms with Gasteiger partial charge in [-0.3, -0.25) is 4.90 Å². The van der Waals surface area contributed by atoms with Crippen molar-refractivity contribution in [3.05, 3.63) is 17.3 Å². The summed E-state index contributed by atoms with van der Waals surface area (Å²) in [7, 11) is 2.10. The molecule has 0 aliphatic heterocycles. The zero-order valence-corrected chi connectivity index (χ0v) is 12.2. The molecule has 0 saturated heterocycles. The zero-order chi connectivity index (χ0) is 13.3. The minimum Gasteiger partial charge on any atom is -0.383 e. The number of thiophene rings is 1. The number of hydrogen-bond acceptors (Lipinski definition) is 5. The van der Waals surface area contributed by atoms with E-state index >= 15 is 0 Å². The molecule has 0 saturated carbocycles. The fraction of sp³-hybridized carbons (Fsp3) is 0.538. The summed E-state index contributed by atoms with van der Waals surface area (Å²) in [6.45, 7) is 7.40. The first kappa shape index (κ1) is 13.2. The van der Waals surface area contributed by atoms with Gasteiger partial charge in [0.25, 0.3) is 0 Å². The number of aromatic nitrogens is 2. The van der Waals surface area contributed by atoms with Gasteiger partial charge in [-0.05, 0) is 31.3 Å². The van der Waals surface area contributed by atoms with Gasteiger partial charge in [0, 0.05) is 6.04 Å². The van der Waals surface area contributed by atoms with E-state index in [0.29, 0.717) is 17.8 Å². The molecule has 4 nitrogen and oxygen atoms in total. The third-order valence-electron chi connectivity index (χ3n) is 3.45. The second-order valence-corrected chi connectivity index (χ2v) is 5.96. The summed E-state index contributed by atoms with van der Waals surface area (Å²) in [6, 6.07) is 2.47. The van der Waals surface area contributed by atoms with Gasteiger partial charge >= 0.3 is 0 Å². The third kappa shape index (κ3) is 2.62. The van der Waals surface area contributed by atoms with E-state index < -0.39 is 0 Å². The summed E-state index contributed by atoms with van der Waals surface area (Å²) < 4.78 is 0. The van der Waals surface area contributed by atoms with E-state index in [1.54, 1.807) is 11.3 Å². The van der Waals surface area contributed by atoms with Crippen molar-refractivity contribution in [1.82, 2.24) is 14.9 Å². The average molecular weight is 264 g/mol. The highest BCUT2D eigenvalue weighted by molar-refractivity contribution is 7.16. The Balaban J connectivity index is 2.21. The number of nitrogens with two attached hydrogens (primary N) is 1. The SMILES string of the molecule is CC(C)C(C)N(C)Cc1nc(N)c2ccsc2n1. The van der Waals surface area contributed by atoms with Gasteiger partial charge in [0.15, 0.2) is 0 Å². The van der Waals surface area contributed by atoms with Crippen LogP contribution in [0.25, 0.3) is 10.2 Å². The Labute approximate surface area is 112 Å². The average Bonchev–Trinajstić information content (AvgIpc) is 2.76. The lowest BCUT2D eigenvalue weighted by Crippen LogP contribution is -2.33. The summed E-state index contributed by atoms with van der Waals surface area (Å²) in [4.78, 5) is 12.2. The maximum absolute atomic E-state index is 5.95. The van der Waals surface area contributed by atoms with Crippen molar-refractivity contribution in [2.75, 3.05) is 12.8 Å². The molecule has 2 N–H and O–H groups in total. The molecule has 98 valence electrons. The number of nitrogen functional groups attached to an aromatic ring is 1. The van der Waals surface area contributed by atoms with Crippen LogP contribution in [0.3, 0.4) is 0 Å². The Morgan fingerprint density at radius 3 is 2.72 bits per heavy atom. The zero-order valence-electron chi connectivity index (χ0n) is 11.3. The molecule has 0 bridgehead atoms. The van der Waals surface area contributed by atoms with E-state index in [2.05, 4.69) is 42.7 Å². The van der Waals surface area contributed by atoms with Crippen molar-refractivity contribution in [3.63, 3.8) is 0 Å². The fourth-order valence-electron chi connectivity index (χ4n) is 1.87. The Morgan fingerprint density at radius 2 is 2.06 bits per heavy atom. The predicted molar refractivity (Wildman–Crippen MR) is 77.6 cm³/mol. The molecular formula is C13H20N4S. The third-order valence-corrected chi connectivity index (χ3v) is 4.26. The van der Waals surface area contributed by atoms with E-state index in [0.717, 1.165) is 22.6 Å². The lowest BCUT2D eigenvalue weighted by molar-refractivity contribution is 0.196. The molecule has 0 aromatic carbocycles. The first-order chi connectivity index (χ1) is 8.49. The Morgan fingerprint density at radius 1 is 1.33 bits per heavy atom. The van der Waals surface area contributed by atoms with E-state index in [4.69, 9.17) is 5.73 Å². The van der Waals surface area contributed by atoms with Gasteiger partial charge in [-0.25, -0.2) is 9.97 Å². The lowest BCUT2D eigenvalue weighted by Gasteiger charge is -2.27. The maximum atomic E-state index is 5.95. The van der Waals surface area contributed by atoms with Crippen molar-refractivity contribution in [2.24, 2.45) is 5.92 Å². The molecule has 0 radical (unpaired) electrons. The van der Waals surface area contributed by atoms with E-state index in [-0.39, 0.29) is 0 Å². The molecule has 5 heteroatoms. The summed E-state index contributed by atoms with van der Waals surface area (Å²) >= 11 is 1.61. The normalized spacial score (nSPS) is 13.7. The van der Waals surface area contributed by atoms with E-state index in [9.17, 15) is 0 Å². The van der Waals surface area contributed by atoms with Crippen molar-refractivity contribution in [1.29, 1.82) is 0 Å². The van der Waals surface area contributed by atoms with Crippen LogP contribution < -0.4 is 5.73 Å². The van der Waals surface area contributed by atoms with Crippen LogP contribution >= 0.6 is 11.3 Å². The lowest BCUT2D eigenvalue weighted by atomic mass is 10.1. The van der Waals surface area contributed by atoms with E-state index in [1.165, 1.54) is 0 Å². The molecule has 0 spiro atoms. The number of anilines is 1. The van der Waals surface area contributed by atoms with Gasteiger partial charge in [0.1, 0.15) is 16.5 Å². The monoisotopic (exact) mass is 264 g/mol. The Kier molecular flexibility index (Phi) is 3.82. The minimum absolute atomic E-state index is 0.494. The van der Waals surface area contributed by atoms with Crippen molar-refractivity contribution >= 4 is 27.4 Å². The smallest absolute Gasteiger partial charge is 0.146 e. The highest BCUT2D eigenvalue weighted by atomic mass is 32.1. The Bertz CT molecular complexity index is 535. The highest BCUT2D eigenvalue weighted by Gasteiger charge is 2.15. The molecule has 1 unspecified atom stereocenters. The van der Waals surface area contributed by atoms with Gasteiger partial charge in [0.2, 0.25) is 0 Å². The van der Waals surface area contributed by atoms with Crippen LogP contribution in [0.4, 0.5) is 5.82 Å². The summed E-state index contributed by atoms with van der Waals surface area (Å²) in [5.41, 5.74) is 5.95. The molecule has 2 aromatic heterocycles. The molecule has 2 rings (SSSR count). The van der Waals surface area contributed by atoms with Crippen LogP contribution in [0.1, 0.15) is 26.6 Å². The van der Waals surface area contributed by atoms with Crippen LogP contribution in [-0.2, 0) is 6.54 Å². The van der Waals surface area contributed by atoms with Crippen LogP contribution in [0.5, 0.6) is 0 Å². The maximum Gasteiger partial charge on any atom is 0.146 e. The fourth-order valence-corrected chi connectivity index (χ4v) is 2.66. The second kappa shape index (κ2) is 5.20. The van der Waals surface area contributed by atoms with E-state index in [1.807, 2.05) is 11.4 Å². The molecule has 18 heavy (non-hydrogen) atoms. The molecule has 0 fully saturated rings. The quantitative estimate of drug-likeness (QED) is 0.922. The minimum atomic E-state index is 0.494. The molecular weight excluding hydrogens is 244 g/mol. The van der Waals surface area contributed by atoms with Crippen molar-refractivity contribution < 1.29 is 0 Å². The summed E-state index contributed by atoms with van der Waals surface area (Å²) in [6.07, 6.45) is 0.